The summed E-state index contributed by atoms with van der Waals surface area (Å²) in [5.74, 6) is -0.319. The van der Waals surface area contributed by atoms with Crippen LogP contribution in [0.5, 0.6) is 0 Å². The molecule has 0 spiro atoms. The van der Waals surface area contributed by atoms with Crippen LogP contribution in [0.15, 0.2) is 18.3 Å². The molecule has 128 valence electrons. The Morgan fingerprint density at radius 3 is 3.00 bits per heavy atom. The van der Waals surface area contributed by atoms with E-state index in [4.69, 9.17) is 16.3 Å². The highest BCUT2D eigenvalue weighted by atomic mass is 35.5. The average Bonchev–Trinajstić information content (AvgIpc) is 2.52. The van der Waals surface area contributed by atoms with Gasteiger partial charge in [-0.1, -0.05) is 11.6 Å². The van der Waals surface area contributed by atoms with Gasteiger partial charge in [0.2, 0.25) is 5.91 Å². The normalized spacial score (nSPS) is 25.3. The first-order valence-electron chi connectivity index (χ1n) is 7.42. The fraction of sp³-hybridized carbons (Fsp3) is 0.600. The molecule has 2 heterocycles. The Hall–Kier alpha value is -1.25. The zero-order valence-corrected chi connectivity index (χ0v) is 13.8. The van der Waals surface area contributed by atoms with Gasteiger partial charge in [-0.25, -0.2) is 0 Å². The Bertz CT molecular complexity index is 528. The number of aliphatic hydroxyl groups is 2. The summed E-state index contributed by atoms with van der Waals surface area (Å²) < 4.78 is 4.71. The molecule has 1 aromatic rings. The minimum Gasteiger partial charge on any atom is -0.389 e. The van der Waals surface area contributed by atoms with Crippen molar-refractivity contribution in [3.05, 3.63) is 29.0 Å². The second-order valence-electron chi connectivity index (χ2n) is 5.78. The number of nitrogens with one attached hydrogen (secondary N) is 1. The van der Waals surface area contributed by atoms with Crippen molar-refractivity contribution in [2.75, 3.05) is 33.4 Å². The first-order valence-corrected chi connectivity index (χ1v) is 7.79. The predicted molar refractivity (Wildman–Crippen MR) is 85.0 cm³/mol. The quantitative estimate of drug-likeness (QED) is 0.662. The topological polar surface area (TPSA) is 94.9 Å². The Kier molecular flexibility index (Phi) is 6.32. The van der Waals surface area contributed by atoms with Crippen molar-refractivity contribution in [2.24, 2.45) is 0 Å². The lowest BCUT2D eigenvalue weighted by Crippen LogP contribution is -2.60. The first kappa shape index (κ1) is 18.1. The summed E-state index contributed by atoms with van der Waals surface area (Å²) in [7, 11) is 1.42. The molecule has 8 heteroatoms. The van der Waals surface area contributed by atoms with E-state index in [-0.39, 0.29) is 19.1 Å². The van der Waals surface area contributed by atoms with Crippen LogP contribution in [-0.4, -0.2) is 71.1 Å². The molecule has 3 N–H and O–H groups in total. The Balaban J connectivity index is 1.86. The minimum atomic E-state index is -1.33. The molecule has 1 aromatic heterocycles. The molecular weight excluding hydrogens is 322 g/mol. The Labute approximate surface area is 140 Å². The number of aliphatic hydroxyl groups excluding tert-OH is 1. The standard InChI is InChI=1S/C15H22ClN3O4/c1-23-9-14(21)18-10-15(22)4-5-19(8-13(15)20)7-12-3-2-11(16)6-17-12/h2-3,6,13,20,22H,4-5,7-10H2,1H3,(H,18,21)/t13-,15-/m1/s1. The van der Waals surface area contributed by atoms with Gasteiger partial charge in [0.05, 0.1) is 16.8 Å². The van der Waals surface area contributed by atoms with E-state index >= 15 is 0 Å². The molecule has 0 radical (unpaired) electrons. The largest absolute Gasteiger partial charge is 0.389 e. The number of hydrogen-bond donors (Lipinski definition) is 3. The number of likely N-dealkylation sites (tertiary alicyclic amines) is 1. The number of piperidine rings is 1. The van der Waals surface area contributed by atoms with Crippen LogP contribution in [0.25, 0.3) is 0 Å². The molecule has 1 saturated heterocycles. The number of pyridine rings is 1. The van der Waals surface area contributed by atoms with Crippen LogP contribution < -0.4 is 5.32 Å². The van der Waals surface area contributed by atoms with Gasteiger partial charge in [0, 0.05) is 39.5 Å². The number of carbonyl (C=O) groups is 1. The van der Waals surface area contributed by atoms with Crippen LogP contribution in [0.1, 0.15) is 12.1 Å². The molecule has 2 atom stereocenters. The van der Waals surface area contributed by atoms with Gasteiger partial charge < -0.3 is 20.3 Å². The number of halogens is 1. The molecule has 0 bridgehead atoms. The monoisotopic (exact) mass is 343 g/mol. The van der Waals surface area contributed by atoms with Crippen LogP contribution in [0.3, 0.4) is 0 Å². The van der Waals surface area contributed by atoms with E-state index in [1.54, 1.807) is 12.3 Å². The zero-order valence-electron chi connectivity index (χ0n) is 13.0. The molecule has 23 heavy (non-hydrogen) atoms. The molecule has 0 aromatic carbocycles. The number of nitrogens with zero attached hydrogens (tertiary/aromatic N) is 2. The smallest absolute Gasteiger partial charge is 0.246 e. The second-order valence-corrected chi connectivity index (χ2v) is 6.22. The van der Waals surface area contributed by atoms with Gasteiger partial charge in [-0.15, -0.1) is 0 Å². The summed E-state index contributed by atoms with van der Waals surface area (Å²) in [5.41, 5.74) is -0.478. The van der Waals surface area contributed by atoms with Crippen molar-refractivity contribution in [2.45, 2.75) is 24.7 Å². The summed E-state index contributed by atoms with van der Waals surface area (Å²) >= 11 is 5.81. The third-order valence-electron chi connectivity index (χ3n) is 3.95. The van der Waals surface area contributed by atoms with Gasteiger partial charge in [0.1, 0.15) is 12.2 Å². The highest BCUT2D eigenvalue weighted by Gasteiger charge is 2.40. The fourth-order valence-electron chi connectivity index (χ4n) is 2.54. The molecule has 7 nitrogen and oxygen atoms in total. The van der Waals surface area contributed by atoms with Crippen LogP contribution >= 0.6 is 11.6 Å². The highest BCUT2D eigenvalue weighted by Crippen LogP contribution is 2.23. The Morgan fingerprint density at radius 2 is 2.39 bits per heavy atom. The van der Waals surface area contributed by atoms with Gasteiger partial charge >= 0.3 is 0 Å². The van der Waals surface area contributed by atoms with E-state index in [9.17, 15) is 15.0 Å². The lowest BCUT2D eigenvalue weighted by molar-refractivity contribution is -0.134. The number of amides is 1. The Morgan fingerprint density at radius 1 is 1.61 bits per heavy atom. The molecule has 1 aliphatic rings. The summed E-state index contributed by atoms with van der Waals surface area (Å²) in [6.07, 6.45) is 0.986. The van der Waals surface area contributed by atoms with Crippen molar-refractivity contribution >= 4 is 17.5 Å². The maximum absolute atomic E-state index is 11.4. The van der Waals surface area contributed by atoms with Gasteiger partial charge in [-0.2, -0.15) is 0 Å². The van der Waals surface area contributed by atoms with E-state index in [0.717, 1.165) is 5.69 Å². The SMILES string of the molecule is COCC(=O)NC[C@]1(O)CCN(Cc2ccc(Cl)cn2)C[C@H]1O. The minimum absolute atomic E-state index is 0.00337. The second kappa shape index (κ2) is 8.03. The molecule has 0 aliphatic carbocycles. The summed E-state index contributed by atoms with van der Waals surface area (Å²) in [4.78, 5) is 17.6. The van der Waals surface area contributed by atoms with Crippen LogP contribution in [-0.2, 0) is 16.1 Å². The fourth-order valence-corrected chi connectivity index (χ4v) is 2.65. The number of aromatic nitrogens is 1. The maximum atomic E-state index is 11.4. The van der Waals surface area contributed by atoms with E-state index in [2.05, 4.69) is 10.3 Å². The van der Waals surface area contributed by atoms with Crippen LogP contribution in [0.2, 0.25) is 5.02 Å². The third-order valence-corrected chi connectivity index (χ3v) is 4.18. The molecule has 1 fully saturated rings. The number of hydrogen-bond acceptors (Lipinski definition) is 6. The zero-order chi connectivity index (χ0) is 16.9. The van der Waals surface area contributed by atoms with Gasteiger partial charge in [-0.05, 0) is 18.6 Å². The molecule has 1 amide bonds. The number of rotatable bonds is 6. The predicted octanol–water partition coefficient (Wildman–Crippen LogP) is -0.205. The number of β-amino-alcohol motifs (C(OH)–C–C–N with tert-alkyl or cyclic N) is 1. The van der Waals surface area contributed by atoms with Crippen molar-refractivity contribution in [3.8, 4) is 0 Å². The lowest BCUT2D eigenvalue weighted by Gasteiger charge is -2.42. The van der Waals surface area contributed by atoms with Crippen LogP contribution in [0, 0.1) is 0 Å². The molecule has 0 unspecified atom stereocenters. The van der Waals surface area contributed by atoms with Gasteiger partial charge in [0.25, 0.3) is 0 Å². The van der Waals surface area contributed by atoms with Crippen molar-refractivity contribution < 1.29 is 19.7 Å². The molecule has 2 rings (SSSR count). The highest BCUT2D eigenvalue weighted by molar-refractivity contribution is 6.30. The maximum Gasteiger partial charge on any atom is 0.246 e. The molecule has 1 aliphatic heterocycles. The number of ether oxygens (including phenoxy) is 1. The summed E-state index contributed by atoms with van der Waals surface area (Å²) in [6, 6.07) is 3.60. The number of carbonyl (C=O) groups excluding carboxylic acids is 1. The van der Waals surface area contributed by atoms with Gasteiger partial charge in [0.15, 0.2) is 0 Å². The third kappa shape index (κ3) is 5.12. The van der Waals surface area contributed by atoms with E-state index in [1.165, 1.54) is 7.11 Å². The average molecular weight is 344 g/mol. The number of methoxy groups -OCH3 is 1. The van der Waals surface area contributed by atoms with Crippen molar-refractivity contribution in [1.82, 2.24) is 15.2 Å². The van der Waals surface area contributed by atoms with Gasteiger partial charge in [-0.3, -0.25) is 14.7 Å². The summed E-state index contributed by atoms with van der Waals surface area (Å²) in [5, 5.41) is 23.9. The molecular formula is C15H22ClN3O4. The van der Waals surface area contributed by atoms with Crippen LogP contribution in [0.4, 0.5) is 0 Å². The molecule has 0 saturated carbocycles. The van der Waals surface area contributed by atoms with Crippen molar-refractivity contribution in [1.29, 1.82) is 0 Å². The van der Waals surface area contributed by atoms with E-state index < -0.39 is 11.7 Å². The van der Waals surface area contributed by atoms with E-state index in [0.29, 0.717) is 31.1 Å². The summed E-state index contributed by atoms with van der Waals surface area (Å²) in [6.45, 7) is 1.41. The van der Waals surface area contributed by atoms with E-state index in [1.807, 2.05) is 11.0 Å². The van der Waals surface area contributed by atoms with Crippen molar-refractivity contribution in [3.63, 3.8) is 0 Å². The first-order chi connectivity index (χ1) is 10.9. The lowest BCUT2D eigenvalue weighted by atomic mass is 9.88.